The second-order valence-corrected chi connectivity index (χ2v) is 61.1. The van der Waals surface area contributed by atoms with Crippen LogP contribution in [0, 0.1) is 45.9 Å². The first-order valence-electron chi connectivity index (χ1n) is 43.2. The molecule has 0 aliphatic rings. The van der Waals surface area contributed by atoms with Gasteiger partial charge in [-0.3, -0.25) is 19.2 Å². The molecule has 0 N–H and O–H groups in total. The smallest absolute Gasteiger partial charge is 0.266 e. The minimum absolute atomic E-state index is 0.0443. The fourth-order valence-electron chi connectivity index (χ4n) is 21.9. The summed E-state index contributed by atoms with van der Waals surface area (Å²) >= 11 is 0. The monoisotopic (exact) mass is 1580 g/mol. The molecule has 10 heteroatoms. The SMILES string of the molecule is CC(C)c1cccc(C(C)C)c1-n1c(=O)c2cc3c(C#C[Si](C(C)C)(C(C)C)C(C)C)c4cc5ccc6cc7c(C#C[Si](C(C)C)(C(C)C)C(C)C)c8cc9c(=O)n(-c%10c(C(C)C)cccc%10C(C)C)c(=O)c9cc8c(C#C[Si](C(C)C)(C(C)C)C(C)C)c7cc6ccc5cc4c(C#C[Si](C(C)C)(C(C)C)C(C)C)c3cc2c1=O. The molecule has 0 spiro atoms. The molecule has 2 heterocycles. The minimum atomic E-state index is -2.43. The summed E-state index contributed by atoms with van der Waals surface area (Å²) in [5, 5.41) is 12.7. The number of benzene rings is 8. The quantitative estimate of drug-likeness (QED) is 0.0487. The van der Waals surface area contributed by atoms with Crippen LogP contribution >= 0.6 is 0 Å². The number of fused-ring (bicyclic) bond motifs is 8. The maximum Gasteiger partial charge on any atom is 0.266 e. The van der Waals surface area contributed by atoms with Crippen LogP contribution in [0.5, 0.6) is 0 Å². The molecule has 0 bridgehead atoms. The van der Waals surface area contributed by atoms with Crippen molar-refractivity contribution in [2.75, 3.05) is 0 Å². The molecule has 0 aliphatic heterocycles. The van der Waals surface area contributed by atoms with E-state index in [1.807, 2.05) is 24.3 Å². The van der Waals surface area contributed by atoms with Crippen LogP contribution in [0.1, 0.15) is 290 Å². The Bertz CT molecular complexity index is 5370. The third-order valence-electron chi connectivity index (χ3n) is 27.7. The molecule has 0 saturated heterocycles. The number of para-hydroxylation sites is 2. The van der Waals surface area contributed by atoms with Crippen molar-refractivity contribution in [2.45, 2.75) is 312 Å². The maximum atomic E-state index is 15.8. The Morgan fingerprint density at radius 3 is 0.526 bits per heavy atom. The molecule has 0 amide bonds. The van der Waals surface area contributed by atoms with Crippen molar-refractivity contribution < 1.29 is 0 Å². The number of hydrogen-bond donors (Lipinski definition) is 0. The van der Waals surface area contributed by atoms with Crippen LogP contribution in [0.2, 0.25) is 66.5 Å². The summed E-state index contributed by atoms with van der Waals surface area (Å²) in [6.45, 7) is 73.7. The highest BCUT2D eigenvalue weighted by Crippen LogP contribution is 2.48. The number of aromatic nitrogens is 2. The highest BCUT2D eigenvalue weighted by Gasteiger charge is 2.46. The Kier molecular flexibility index (Phi) is 24.8. The highest BCUT2D eigenvalue weighted by molar-refractivity contribution is 6.92. The molecule has 114 heavy (non-hydrogen) atoms. The predicted molar refractivity (Wildman–Crippen MR) is 509 cm³/mol. The molecule has 2 aromatic heterocycles. The number of rotatable bonds is 18. The summed E-state index contributed by atoms with van der Waals surface area (Å²) in [4.78, 5) is 63.1. The summed E-state index contributed by atoms with van der Waals surface area (Å²) in [5.74, 6) is 16.4. The zero-order valence-electron chi connectivity index (χ0n) is 75.2. The van der Waals surface area contributed by atoms with Crippen molar-refractivity contribution in [3.8, 4) is 57.2 Å². The minimum Gasteiger partial charge on any atom is -0.268 e. The Morgan fingerprint density at radius 2 is 0.377 bits per heavy atom. The van der Waals surface area contributed by atoms with Gasteiger partial charge >= 0.3 is 0 Å². The fraction of sp³-hybridized carbons (Fsp3) is 0.462. The average molecular weight is 1580 g/mol. The molecule has 11 aromatic rings. The highest BCUT2D eigenvalue weighted by atomic mass is 28.3. The third kappa shape index (κ3) is 14.2. The van der Waals surface area contributed by atoms with Gasteiger partial charge < -0.3 is 0 Å². The van der Waals surface area contributed by atoms with Crippen LogP contribution in [0.25, 0.3) is 97.6 Å². The molecule has 11 rings (SSSR count). The van der Waals surface area contributed by atoms with E-state index in [-0.39, 0.29) is 45.9 Å². The van der Waals surface area contributed by atoms with Gasteiger partial charge in [-0.2, -0.15) is 0 Å². The lowest BCUT2D eigenvalue weighted by Gasteiger charge is -2.38. The Labute approximate surface area is 686 Å². The molecule has 6 nitrogen and oxygen atoms in total. The van der Waals surface area contributed by atoms with Gasteiger partial charge in [-0.25, -0.2) is 9.13 Å². The van der Waals surface area contributed by atoms with Crippen molar-refractivity contribution in [3.63, 3.8) is 0 Å². The number of hydrogen-bond acceptors (Lipinski definition) is 4. The van der Waals surface area contributed by atoms with Gasteiger partial charge in [-0.05, 0) is 204 Å². The molecule has 0 fully saturated rings. The Balaban J connectivity index is 1.38. The lowest BCUT2D eigenvalue weighted by molar-refractivity contribution is 0.795. The van der Waals surface area contributed by atoms with Gasteiger partial charge in [0.15, 0.2) is 0 Å². The Morgan fingerprint density at radius 1 is 0.219 bits per heavy atom. The number of nitrogens with zero attached hydrogens (tertiary/aromatic N) is 2. The van der Waals surface area contributed by atoms with E-state index in [1.165, 1.54) is 9.13 Å². The van der Waals surface area contributed by atoms with E-state index < -0.39 is 32.3 Å². The third-order valence-corrected chi connectivity index (χ3v) is 52.9. The predicted octanol–water partition coefficient (Wildman–Crippen LogP) is 28.1. The second kappa shape index (κ2) is 32.6. The van der Waals surface area contributed by atoms with Crippen LogP contribution in [0.4, 0.5) is 0 Å². The summed E-state index contributed by atoms with van der Waals surface area (Å²) < 4.78 is 2.97. The van der Waals surface area contributed by atoms with Crippen LogP contribution in [0.3, 0.4) is 0 Å². The molecule has 0 aliphatic carbocycles. The van der Waals surface area contributed by atoms with Crippen molar-refractivity contribution in [2.24, 2.45) is 0 Å². The van der Waals surface area contributed by atoms with Crippen LogP contribution < -0.4 is 22.2 Å². The first kappa shape index (κ1) is 86.5. The summed E-state index contributed by atoms with van der Waals surface area (Å²) in [7, 11) is -9.73. The van der Waals surface area contributed by atoms with Gasteiger partial charge in [0.2, 0.25) is 0 Å². The maximum absolute atomic E-state index is 15.8. The lowest BCUT2D eigenvalue weighted by atomic mass is 9.88. The van der Waals surface area contributed by atoms with Crippen molar-refractivity contribution in [1.82, 2.24) is 9.13 Å². The van der Waals surface area contributed by atoms with Crippen LogP contribution in [0.15, 0.2) is 128 Å². The summed E-state index contributed by atoms with van der Waals surface area (Å²) in [6, 6.07) is 38.9. The van der Waals surface area contributed by atoms with Crippen molar-refractivity contribution in [3.05, 3.63) is 195 Å². The van der Waals surface area contributed by atoms with E-state index in [1.54, 1.807) is 0 Å². The Hall–Kier alpha value is -8.33. The zero-order valence-corrected chi connectivity index (χ0v) is 79.2. The fourth-order valence-corrected chi connectivity index (χ4v) is 42.7. The molecule has 0 saturated carbocycles. The average Bonchev–Trinajstić information content (AvgIpc) is 1.36. The van der Waals surface area contributed by atoms with Gasteiger partial charge in [0.05, 0.1) is 32.9 Å². The van der Waals surface area contributed by atoms with E-state index in [0.717, 1.165) is 109 Å². The van der Waals surface area contributed by atoms with Crippen molar-refractivity contribution >= 4 is 118 Å². The molecule has 596 valence electrons. The molecular formula is C104H130N2O4Si4. The van der Waals surface area contributed by atoms with Gasteiger partial charge in [0.25, 0.3) is 22.2 Å². The van der Waals surface area contributed by atoms with Gasteiger partial charge in [-0.1, -0.05) is 306 Å². The van der Waals surface area contributed by atoms with Gasteiger partial charge in [-0.15, -0.1) is 22.2 Å². The summed E-state index contributed by atoms with van der Waals surface area (Å²) in [5.41, 5.74) is 28.2. The first-order chi connectivity index (χ1) is 53.4. The molecule has 9 aromatic carbocycles. The van der Waals surface area contributed by atoms with E-state index >= 15 is 19.2 Å². The molecular weight excluding hydrogens is 1450 g/mol. The first-order valence-corrected chi connectivity index (χ1v) is 52.1. The van der Waals surface area contributed by atoms with Crippen molar-refractivity contribution in [1.29, 1.82) is 0 Å². The molecule has 0 unspecified atom stereocenters. The zero-order chi connectivity index (χ0) is 84.1. The second-order valence-electron chi connectivity index (χ2n) is 38.8. The molecule has 0 atom stereocenters. The standard InChI is InChI=1S/C104H130N2O4Si4/c1-59(2)79-35-33-36-80(60(3)4)99(79)105-101(107)95-55-91-83(43-47-111(63(9)10,64(11)12)65(13)14)87-51-75-39-41-77-53-89-85(45-49-113(69(21)22,70(23)24)71(25)26)93-57-97-98(104(110)106(103(97)109)100-81(61(5)6)37-34-38-82(100)62(7)8)58-94(93)86(46-50-114(72(27)28,73(29)30)74(31)32)90(89)54-78(77)42-40-76(75)52-88(87)84(92(91)56-96(95)102(105)108)44-48-112(66(15)16,67(17)18)68(19)20/h33-42,51-74H,1-32H3. The molecule has 0 radical (unpaired) electrons. The van der Waals surface area contributed by atoms with E-state index in [9.17, 15) is 0 Å². The largest absolute Gasteiger partial charge is 0.268 e. The lowest BCUT2D eigenvalue weighted by Crippen LogP contribution is -2.43. The van der Waals surface area contributed by atoms with E-state index in [0.29, 0.717) is 99.4 Å². The topological polar surface area (TPSA) is 78.1 Å². The van der Waals surface area contributed by atoms with E-state index in [2.05, 4.69) is 352 Å². The normalized spacial score (nSPS) is 13.0. The van der Waals surface area contributed by atoms with Crippen LogP contribution in [-0.4, -0.2) is 41.4 Å². The summed E-state index contributed by atoms with van der Waals surface area (Å²) in [6.07, 6.45) is 0. The van der Waals surface area contributed by atoms with Gasteiger partial charge in [0.1, 0.15) is 32.3 Å². The van der Waals surface area contributed by atoms with E-state index in [4.69, 9.17) is 0 Å². The van der Waals surface area contributed by atoms with Crippen LogP contribution in [-0.2, 0) is 0 Å². The van der Waals surface area contributed by atoms with Gasteiger partial charge in [0, 0.05) is 43.8 Å².